The van der Waals surface area contributed by atoms with E-state index in [0.29, 0.717) is 31.2 Å². The van der Waals surface area contributed by atoms with Gasteiger partial charge in [-0.1, -0.05) is 6.07 Å². The normalized spacial score (nSPS) is 16.1. The van der Waals surface area contributed by atoms with Crippen molar-refractivity contribution in [3.8, 4) is 11.3 Å². The molecule has 0 radical (unpaired) electrons. The Bertz CT molecular complexity index is 1210. The zero-order valence-corrected chi connectivity index (χ0v) is 18.1. The van der Waals surface area contributed by atoms with E-state index in [4.69, 9.17) is 4.74 Å². The first-order valence-corrected chi connectivity index (χ1v) is 11.2. The third kappa shape index (κ3) is 4.35. The van der Waals surface area contributed by atoms with E-state index < -0.39 is 0 Å². The van der Waals surface area contributed by atoms with Crippen LogP contribution in [0.15, 0.2) is 48.2 Å². The van der Waals surface area contributed by atoms with Crippen molar-refractivity contribution in [3.05, 3.63) is 65.1 Å². The summed E-state index contributed by atoms with van der Waals surface area (Å²) >= 11 is 1.65. The monoisotopic (exact) mass is 433 g/mol. The molecule has 1 atom stereocenters. The molecular formula is C23H23N5O2S. The highest BCUT2D eigenvalue weighted by atomic mass is 32.1. The summed E-state index contributed by atoms with van der Waals surface area (Å²) < 4.78 is 8.26. The molecule has 1 unspecified atom stereocenters. The predicted molar refractivity (Wildman–Crippen MR) is 120 cm³/mol. The molecule has 5 rings (SSSR count). The number of nitrogens with zero attached hydrogens (tertiary/aromatic N) is 4. The number of carbonyl (C=O) groups is 1. The van der Waals surface area contributed by atoms with E-state index in [9.17, 15) is 4.79 Å². The number of pyridine rings is 2. The molecule has 4 aromatic rings. The molecule has 1 N–H and O–H groups in total. The molecule has 7 nitrogen and oxygen atoms in total. The molecule has 0 aromatic carbocycles. The van der Waals surface area contributed by atoms with Crippen LogP contribution >= 0.6 is 11.3 Å². The summed E-state index contributed by atoms with van der Waals surface area (Å²) in [5.41, 5.74) is 5.37. The number of nitrogens with one attached hydrogen (secondary N) is 1. The SMILES string of the molecule is Cn1cc(-c2ccc(Cc3cc(C(=O)NCC4CCOC4)nc4ccsc34)cn2)cn1. The van der Waals surface area contributed by atoms with Gasteiger partial charge in [0.2, 0.25) is 0 Å². The number of hydrogen-bond acceptors (Lipinski definition) is 6. The minimum atomic E-state index is -0.133. The fourth-order valence-electron chi connectivity index (χ4n) is 3.82. The number of aryl methyl sites for hydroxylation is 1. The van der Waals surface area contributed by atoms with E-state index >= 15 is 0 Å². The molecule has 0 saturated carbocycles. The Hall–Kier alpha value is -3.10. The Morgan fingerprint density at radius 2 is 2.26 bits per heavy atom. The molecule has 31 heavy (non-hydrogen) atoms. The Kier molecular flexibility index (Phi) is 5.48. The number of aromatic nitrogens is 4. The summed E-state index contributed by atoms with van der Waals surface area (Å²) in [4.78, 5) is 21.9. The van der Waals surface area contributed by atoms with E-state index in [2.05, 4.69) is 26.4 Å². The summed E-state index contributed by atoms with van der Waals surface area (Å²) in [6.07, 6.45) is 7.33. The lowest BCUT2D eigenvalue weighted by atomic mass is 10.0. The number of amides is 1. The van der Waals surface area contributed by atoms with Crippen molar-refractivity contribution in [2.45, 2.75) is 12.8 Å². The van der Waals surface area contributed by atoms with Crippen molar-refractivity contribution in [1.82, 2.24) is 25.1 Å². The first kappa shape index (κ1) is 19.8. The average molecular weight is 434 g/mol. The van der Waals surface area contributed by atoms with E-state index in [0.717, 1.165) is 45.6 Å². The zero-order valence-electron chi connectivity index (χ0n) is 17.2. The highest BCUT2D eigenvalue weighted by molar-refractivity contribution is 7.17. The molecule has 0 bridgehead atoms. The smallest absolute Gasteiger partial charge is 0.269 e. The molecule has 1 saturated heterocycles. The lowest BCUT2D eigenvalue weighted by molar-refractivity contribution is 0.0940. The Labute approximate surface area is 184 Å². The van der Waals surface area contributed by atoms with E-state index in [1.54, 1.807) is 16.0 Å². The summed E-state index contributed by atoms with van der Waals surface area (Å²) in [6.45, 7) is 2.11. The van der Waals surface area contributed by atoms with Gasteiger partial charge in [0, 0.05) is 50.5 Å². The van der Waals surface area contributed by atoms with Crippen LogP contribution in [-0.4, -0.2) is 45.4 Å². The molecule has 158 valence electrons. The first-order valence-electron chi connectivity index (χ1n) is 10.3. The minimum absolute atomic E-state index is 0.133. The molecule has 0 spiro atoms. The number of ether oxygens (including phenoxy) is 1. The van der Waals surface area contributed by atoms with Gasteiger partial charge in [0.25, 0.3) is 5.91 Å². The van der Waals surface area contributed by atoms with Gasteiger partial charge in [-0.25, -0.2) is 4.98 Å². The van der Waals surface area contributed by atoms with Gasteiger partial charge in [0.05, 0.1) is 28.7 Å². The molecule has 1 aliphatic rings. The van der Waals surface area contributed by atoms with Crippen LogP contribution in [0.5, 0.6) is 0 Å². The molecule has 1 aliphatic heterocycles. The molecule has 1 fully saturated rings. The number of carbonyl (C=O) groups excluding carboxylic acids is 1. The van der Waals surface area contributed by atoms with Gasteiger partial charge >= 0.3 is 0 Å². The van der Waals surface area contributed by atoms with Crippen LogP contribution in [0.1, 0.15) is 28.0 Å². The molecule has 1 amide bonds. The fourth-order valence-corrected chi connectivity index (χ4v) is 4.67. The standard InChI is InChI=1S/C23H23N5O2S/c1-28-13-18(12-26-28)19-3-2-15(10-24-19)8-17-9-21(27-20-5-7-31-22(17)20)23(29)25-11-16-4-6-30-14-16/h2-3,5,7,9-10,12-13,16H,4,6,8,11,14H2,1H3,(H,25,29). The van der Waals surface area contributed by atoms with Crippen LogP contribution in [0.25, 0.3) is 21.5 Å². The van der Waals surface area contributed by atoms with Crippen LogP contribution in [0.4, 0.5) is 0 Å². The average Bonchev–Trinajstić information content (AvgIpc) is 3.54. The second kappa shape index (κ2) is 8.56. The molecule has 4 aromatic heterocycles. The third-order valence-corrected chi connectivity index (χ3v) is 6.50. The highest BCUT2D eigenvalue weighted by Crippen LogP contribution is 2.27. The Balaban J connectivity index is 1.36. The summed E-state index contributed by atoms with van der Waals surface area (Å²) in [5.74, 6) is 0.254. The molecule has 0 aliphatic carbocycles. The highest BCUT2D eigenvalue weighted by Gasteiger charge is 2.18. The van der Waals surface area contributed by atoms with Crippen molar-refractivity contribution < 1.29 is 9.53 Å². The number of fused-ring (bicyclic) bond motifs is 1. The van der Waals surface area contributed by atoms with Crippen molar-refractivity contribution in [2.75, 3.05) is 19.8 Å². The number of thiophene rings is 1. The quantitative estimate of drug-likeness (QED) is 0.504. The van der Waals surface area contributed by atoms with Gasteiger partial charge in [0.1, 0.15) is 5.69 Å². The van der Waals surface area contributed by atoms with E-state index in [1.165, 1.54) is 0 Å². The van der Waals surface area contributed by atoms with Gasteiger partial charge in [-0.05, 0) is 41.1 Å². The van der Waals surface area contributed by atoms with Crippen LogP contribution in [-0.2, 0) is 18.2 Å². The van der Waals surface area contributed by atoms with Crippen LogP contribution in [0, 0.1) is 5.92 Å². The maximum atomic E-state index is 12.7. The fraction of sp³-hybridized carbons (Fsp3) is 0.304. The summed E-state index contributed by atoms with van der Waals surface area (Å²) in [7, 11) is 1.89. The topological polar surface area (TPSA) is 81.9 Å². The van der Waals surface area contributed by atoms with Crippen molar-refractivity contribution in [3.63, 3.8) is 0 Å². The van der Waals surface area contributed by atoms with Crippen molar-refractivity contribution in [1.29, 1.82) is 0 Å². The van der Waals surface area contributed by atoms with E-state index in [-0.39, 0.29) is 5.91 Å². The van der Waals surface area contributed by atoms with E-state index in [1.807, 2.05) is 49.2 Å². The van der Waals surface area contributed by atoms with Gasteiger partial charge in [0.15, 0.2) is 0 Å². The second-order valence-electron chi connectivity index (χ2n) is 7.87. The zero-order chi connectivity index (χ0) is 21.2. The lowest BCUT2D eigenvalue weighted by Crippen LogP contribution is -2.30. The van der Waals surface area contributed by atoms with Gasteiger partial charge in [-0.2, -0.15) is 5.10 Å². The van der Waals surface area contributed by atoms with Crippen molar-refractivity contribution in [2.24, 2.45) is 13.0 Å². The number of hydrogen-bond donors (Lipinski definition) is 1. The molecular weight excluding hydrogens is 410 g/mol. The van der Waals surface area contributed by atoms with Gasteiger partial charge < -0.3 is 10.1 Å². The third-order valence-electron chi connectivity index (χ3n) is 5.52. The Morgan fingerprint density at radius 1 is 1.32 bits per heavy atom. The van der Waals surface area contributed by atoms with Crippen LogP contribution in [0.3, 0.4) is 0 Å². The van der Waals surface area contributed by atoms with Gasteiger partial charge in [-0.15, -0.1) is 11.3 Å². The largest absolute Gasteiger partial charge is 0.381 e. The van der Waals surface area contributed by atoms with Crippen LogP contribution < -0.4 is 5.32 Å². The first-order chi connectivity index (χ1) is 15.2. The van der Waals surface area contributed by atoms with Crippen molar-refractivity contribution >= 4 is 27.5 Å². The minimum Gasteiger partial charge on any atom is -0.381 e. The van der Waals surface area contributed by atoms with Gasteiger partial charge in [-0.3, -0.25) is 14.5 Å². The lowest BCUT2D eigenvalue weighted by Gasteiger charge is -2.11. The number of rotatable bonds is 6. The summed E-state index contributed by atoms with van der Waals surface area (Å²) in [6, 6.07) is 7.97. The summed E-state index contributed by atoms with van der Waals surface area (Å²) in [5, 5.41) is 9.24. The second-order valence-corrected chi connectivity index (χ2v) is 8.79. The maximum Gasteiger partial charge on any atom is 0.269 e. The molecule has 8 heteroatoms. The Morgan fingerprint density at radius 3 is 3.00 bits per heavy atom. The molecule has 5 heterocycles. The predicted octanol–water partition coefficient (Wildman–Crippen LogP) is 3.45. The maximum absolute atomic E-state index is 12.7. The van der Waals surface area contributed by atoms with Crippen LogP contribution in [0.2, 0.25) is 0 Å².